The number of imide groups is 1. The minimum absolute atomic E-state index is 0.00113. The minimum Gasteiger partial charge on any atom is -0.395 e. The zero-order valence-electron chi connectivity index (χ0n) is 13.6. The van der Waals surface area contributed by atoms with Crippen LogP contribution in [-0.2, 0) is 9.59 Å². The fourth-order valence-corrected chi connectivity index (χ4v) is 2.86. The number of nitrogens with one attached hydrogen (secondary N) is 1. The number of rotatable bonds is 5. The van der Waals surface area contributed by atoms with Crippen molar-refractivity contribution < 1.29 is 14.7 Å². The van der Waals surface area contributed by atoms with Crippen molar-refractivity contribution in [3.8, 4) is 5.69 Å². The number of carbonyl (C=O) groups is 2. The Bertz CT molecular complexity index is 816. The highest BCUT2D eigenvalue weighted by Gasteiger charge is 2.30. The first-order valence-corrected chi connectivity index (χ1v) is 7.72. The van der Waals surface area contributed by atoms with E-state index >= 15 is 0 Å². The molecule has 0 bridgehead atoms. The van der Waals surface area contributed by atoms with Gasteiger partial charge in [0.15, 0.2) is 0 Å². The zero-order chi connectivity index (χ0) is 17.3. The molecule has 1 aromatic carbocycles. The number of β-amino-alcohol motifs (C(OH)–C–C–N with tert-alkyl or cyclic N) is 1. The number of aromatic nitrogens is 1. The number of amides is 2. The number of hydrogen-bond acceptors (Lipinski definition) is 4. The quantitative estimate of drug-likeness (QED) is 0.822. The number of anilines is 1. The maximum absolute atomic E-state index is 12.2. The van der Waals surface area contributed by atoms with E-state index in [2.05, 4.69) is 9.88 Å². The predicted octanol–water partition coefficient (Wildman–Crippen LogP) is 1.75. The summed E-state index contributed by atoms with van der Waals surface area (Å²) >= 11 is 0. The molecule has 1 aliphatic rings. The lowest BCUT2D eigenvalue weighted by molar-refractivity contribution is -0.137. The minimum atomic E-state index is -0.423. The molecule has 2 aromatic rings. The average Bonchev–Trinajstić information content (AvgIpc) is 3.02. The van der Waals surface area contributed by atoms with Crippen LogP contribution in [0.15, 0.2) is 48.2 Å². The van der Waals surface area contributed by atoms with Crippen LogP contribution in [0.25, 0.3) is 5.69 Å². The van der Waals surface area contributed by atoms with Gasteiger partial charge >= 0.3 is 0 Å². The van der Waals surface area contributed by atoms with Crippen molar-refractivity contribution in [2.45, 2.75) is 13.8 Å². The maximum Gasteiger partial charge on any atom is 0.277 e. The van der Waals surface area contributed by atoms with Crippen molar-refractivity contribution in [1.29, 1.82) is 0 Å². The number of aryl methyl sites for hydroxylation is 2. The Morgan fingerprint density at radius 2 is 1.79 bits per heavy atom. The van der Waals surface area contributed by atoms with Gasteiger partial charge in [0.05, 0.1) is 13.2 Å². The Labute approximate surface area is 140 Å². The SMILES string of the molecule is Cc1ccc(C)n1-c1cccc(NC2=CC(=O)N(CCO)C2=O)c1. The van der Waals surface area contributed by atoms with Gasteiger partial charge in [0, 0.05) is 28.8 Å². The van der Waals surface area contributed by atoms with Gasteiger partial charge in [0.2, 0.25) is 0 Å². The van der Waals surface area contributed by atoms with E-state index in [0.29, 0.717) is 0 Å². The molecule has 2 N–H and O–H groups in total. The average molecular weight is 325 g/mol. The van der Waals surface area contributed by atoms with Gasteiger partial charge in [-0.05, 0) is 44.2 Å². The Morgan fingerprint density at radius 3 is 2.46 bits per heavy atom. The molecule has 124 valence electrons. The standard InChI is InChI=1S/C18H19N3O3/c1-12-6-7-13(2)21(12)15-5-3-4-14(10-15)19-16-11-17(23)20(8-9-22)18(16)24/h3-7,10-11,19,22H,8-9H2,1-2H3. The van der Waals surface area contributed by atoms with Crippen LogP contribution < -0.4 is 5.32 Å². The number of aliphatic hydroxyl groups excluding tert-OH is 1. The second kappa shape index (κ2) is 6.33. The molecular formula is C18H19N3O3. The van der Waals surface area contributed by atoms with E-state index in [9.17, 15) is 9.59 Å². The molecule has 6 nitrogen and oxygen atoms in total. The fourth-order valence-electron chi connectivity index (χ4n) is 2.86. The fraction of sp³-hybridized carbons (Fsp3) is 0.222. The molecule has 0 radical (unpaired) electrons. The first-order chi connectivity index (χ1) is 11.5. The summed E-state index contributed by atoms with van der Waals surface area (Å²) in [5.74, 6) is -0.836. The summed E-state index contributed by atoms with van der Waals surface area (Å²) in [5.41, 5.74) is 4.14. The Hall–Kier alpha value is -2.86. The number of hydrogen-bond donors (Lipinski definition) is 2. The van der Waals surface area contributed by atoms with Crippen LogP contribution >= 0.6 is 0 Å². The van der Waals surface area contributed by atoms with Crippen molar-refractivity contribution in [2.24, 2.45) is 0 Å². The summed E-state index contributed by atoms with van der Waals surface area (Å²) in [4.78, 5) is 25.0. The lowest BCUT2D eigenvalue weighted by Gasteiger charge is -2.14. The molecule has 0 atom stereocenters. The van der Waals surface area contributed by atoms with Crippen LogP contribution in [0.2, 0.25) is 0 Å². The summed E-state index contributed by atoms with van der Waals surface area (Å²) in [7, 11) is 0. The molecular weight excluding hydrogens is 306 g/mol. The van der Waals surface area contributed by atoms with Crippen LogP contribution in [-0.4, -0.2) is 39.5 Å². The lowest BCUT2D eigenvalue weighted by Crippen LogP contribution is -2.34. The number of benzene rings is 1. The molecule has 6 heteroatoms. The third-order valence-electron chi connectivity index (χ3n) is 3.99. The van der Waals surface area contributed by atoms with E-state index in [4.69, 9.17) is 5.11 Å². The van der Waals surface area contributed by atoms with E-state index in [1.54, 1.807) is 0 Å². The Balaban J connectivity index is 1.85. The normalized spacial score (nSPS) is 14.3. The second-order valence-electron chi connectivity index (χ2n) is 5.70. The van der Waals surface area contributed by atoms with Crippen molar-refractivity contribution >= 4 is 17.5 Å². The third kappa shape index (κ3) is 2.83. The van der Waals surface area contributed by atoms with Gasteiger partial charge in [-0.1, -0.05) is 6.07 Å². The number of carbonyl (C=O) groups excluding carboxylic acids is 2. The largest absolute Gasteiger partial charge is 0.395 e. The van der Waals surface area contributed by atoms with E-state index in [-0.39, 0.29) is 18.8 Å². The first-order valence-electron chi connectivity index (χ1n) is 7.72. The van der Waals surface area contributed by atoms with E-state index in [1.807, 2.05) is 50.2 Å². The third-order valence-corrected chi connectivity index (χ3v) is 3.99. The molecule has 2 heterocycles. The molecule has 0 spiro atoms. The summed E-state index contributed by atoms with van der Waals surface area (Å²) in [5, 5.41) is 11.9. The van der Waals surface area contributed by atoms with Gasteiger partial charge in [-0.2, -0.15) is 0 Å². The smallest absolute Gasteiger partial charge is 0.277 e. The van der Waals surface area contributed by atoms with Gasteiger partial charge < -0.3 is 15.0 Å². The topological polar surface area (TPSA) is 74.6 Å². The van der Waals surface area contributed by atoms with Crippen LogP contribution in [0, 0.1) is 13.8 Å². The predicted molar refractivity (Wildman–Crippen MR) is 90.8 cm³/mol. The van der Waals surface area contributed by atoms with Crippen molar-refractivity contribution in [2.75, 3.05) is 18.5 Å². The summed E-state index contributed by atoms with van der Waals surface area (Å²) in [6.45, 7) is 3.81. The molecule has 3 rings (SSSR count). The summed E-state index contributed by atoms with van der Waals surface area (Å²) in [6, 6.07) is 11.7. The molecule has 0 aliphatic carbocycles. The van der Waals surface area contributed by atoms with Gasteiger partial charge in [-0.3, -0.25) is 14.5 Å². The summed E-state index contributed by atoms with van der Waals surface area (Å²) < 4.78 is 2.11. The number of nitrogens with zero attached hydrogens (tertiary/aromatic N) is 2. The van der Waals surface area contributed by atoms with E-state index < -0.39 is 11.8 Å². The molecule has 1 aromatic heterocycles. The van der Waals surface area contributed by atoms with Crippen LogP contribution in [0.5, 0.6) is 0 Å². The van der Waals surface area contributed by atoms with Gasteiger partial charge in [-0.25, -0.2) is 0 Å². The van der Waals surface area contributed by atoms with Gasteiger partial charge in [-0.15, -0.1) is 0 Å². The summed E-state index contributed by atoms with van der Waals surface area (Å²) in [6.07, 6.45) is 1.26. The van der Waals surface area contributed by atoms with E-state index in [1.165, 1.54) is 6.08 Å². The van der Waals surface area contributed by atoms with Crippen LogP contribution in [0.4, 0.5) is 5.69 Å². The van der Waals surface area contributed by atoms with Crippen molar-refractivity contribution in [3.63, 3.8) is 0 Å². The van der Waals surface area contributed by atoms with Crippen molar-refractivity contribution in [1.82, 2.24) is 9.47 Å². The molecule has 2 amide bonds. The molecule has 0 saturated heterocycles. The van der Waals surface area contributed by atoms with E-state index in [0.717, 1.165) is 27.7 Å². The Morgan fingerprint density at radius 1 is 1.08 bits per heavy atom. The van der Waals surface area contributed by atoms with Crippen LogP contribution in [0.1, 0.15) is 11.4 Å². The van der Waals surface area contributed by atoms with Gasteiger partial charge in [0.25, 0.3) is 11.8 Å². The molecule has 0 unspecified atom stereocenters. The number of aliphatic hydroxyl groups is 1. The second-order valence-corrected chi connectivity index (χ2v) is 5.70. The van der Waals surface area contributed by atoms with Crippen molar-refractivity contribution in [3.05, 3.63) is 59.6 Å². The molecule has 1 aliphatic heterocycles. The highest BCUT2D eigenvalue weighted by molar-refractivity contribution is 6.17. The Kier molecular flexibility index (Phi) is 4.22. The molecule has 0 fully saturated rings. The maximum atomic E-state index is 12.2. The monoisotopic (exact) mass is 325 g/mol. The molecule has 0 saturated carbocycles. The molecule has 24 heavy (non-hydrogen) atoms. The van der Waals surface area contributed by atoms with Gasteiger partial charge in [0.1, 0.15) is 5.70 Å². The lowest BCUT2D eigenvalue weighted by atomic mass is 10.2. The first kappa shape index (κ1) is 16.0. The highest BCUT2D eigenvalue weighted by atomic mass is 16.3. The van der Waals surface area contributed by atoms with Crippen LogP contribution in [0.3, 0.4) is 0 Å². The zero-order valence-corrected chi connectivity index (χ0v) is 13.6. The highest BCUT2D eigenvalue weighted by Crippen LogP contribution is 2.22.